The van der Waals surface area contributed by atoms with Crippen molar-refractivity contribution in [2.45, 2.75) is 77.1 Å². The van der Waals surface area contributed by atoms with E-state index < -0.39 is 42.2 Å². The summed E-state index contributed by atoms with van der Waals surface area (Å²) in [5.41, 5.74) is -0.364. The van der Waals surface area contributed by atoms with Crippen LogP contribution in [0.3, 0.4) is 0 Å². The normalized spacial score (nSPS) is 25.2. The molecule has 0 spiro atoms. The van der Waals surface area contributed by atoms with E-state index in [1.807, 2.05) is 58.0 Å². The number of nitrogens with zero attached hydrogens (tertiary/aromatic N) is 2. The number of nitrogens with one attached hydrogen (secondary N) is 2. The lowest BCUT2D eigenvalue weighted by Crippen LogP contribution is -2.58. The van der Waals surface area contributed by atoms with E-state index in [1.165, 1.54) is 0 Å². The molecule has 11 heteroatoms. The molecule has 2 aliphatic heterocycles. The minimum atomic E-state index is -1.77. The van der Waals surface area contributed by atoms with Crippen molar-refractivity contribution in [3.63, 3.8) is 0 Å². The van der Waals surface area contributed by atoms with Crippen molar-refractivity contribution < 1.29 is 29.1 Å². The molecule has 212 valence electrons. The van der Waals surface area contributed by atoms with Gasteiger partial charge in [-0.3, -0.25) is 4.79 Å². The molecular weight excluding hydrogens is 499 g/mol. The van der Waals surface area contributed by atoms with Crippen LogP contribution < -0.4 is 10.6 Å². The Morgan fingerprint density at radius 3 is 2.72 bits per heavy atom. The molecule has 2 saturated heterocycles. The third-order valence-electron chi connectivity index (χ3n) is 7.73. The van der Waals surface area contributed by atoms with Gasteiger partial charge in [0, 0.05) is 25.0 Å². The molecule has 2 heterocycles. The van der Waals surface area contributed by atoms with E-state index in [0.717, 1.165) is 18.5 Å². The predicted molar refractivity (Wildman–Crippen MR) is 147 cm³/mol. The highest BCUT2D eigenvalue weighted by Gasteiger charge is 2.44. The van der Waals surface area contributed by atoms with Crippen LogP contribution in [0.1, 0.15) is 52.5 Å². The number of hydrogen-bond acceptors (Lipinski definition) is 8. The van der Waals surface area contributed by atoms with Crippen LogP contribution in [-0.2, 0) is 20.7 Å². The van der Waals surface area contributed by atoms with Gasteiger partial charge in [-0.15, -0.1) is 0 Å². The molecule has 1 aromatic rings. The Labute approximate surface area is 231 Å². The van der Waals surface area contributed by atoms with E-state index >= 15 is 0 Å². The van der Waals surface area contributed by atoms with Crippen molar-refractivity contribution in [1.82, 2.24) is 15.5 Å². The van der Waals surface area contributed by atoms with E-state index in [0.29, 0.717) is 25.9 Å². The second-order valence-electron chi connectivity index (χ2n) is 11.3. The van der Waals surface area contributed by atoms with Gasteiger partial charge in [-0.2, -0.15) is 5.26 Å². The molecule has 2 amide bonds. The van der Waals surface area contributed by atoms with Crippen LogP contribution in [0.2, 0.25) is 0 Å². The molecule has 0 aromatic heterocycles. The Morgan fingerprint density at radius 1 is 1.36 bits per heavy atom. The summed E-state index contributed by atoms with van der Waals surface area (Å²) in [6.45, 7) is 9.80. The van der Waals surface area contributed by atoms with E-state index in [1.54, 1.807) is 11.0 Å². The molecule has 0 saturated carbocycles. The third-order valence-corrected chi connectivity index (χ3v) is 7.73. The van der Waals surface area contributed by atoms with E-state index in [4.69, 9.17) is 9.47 Å². The number of carbonyl (C=O) groups is 2. The zero-order valence-corrected chi connectivity index (χ0v) is 23.4. The summed E-state index contributed by atoms with van der Waals surface area (Å²) in [6.07, 6.45) is 2.53. The van der Waals surface area contributed by atoms with Crippen LogP contribution in [0.5, 0.6) is 0 Å². The first-order valence-electron chi connectivity index (χ1n) is 13.6. The minimum Gasteiger partial charge on any atom is -0.444 e. The van der Waals surface area contributed by atoms with Gasteiger partial charge in [-0.05, 0) is 45.1 Å². The van der Waals surface area contributed by atoms with E-state index in [-0.39, 0.29) is 24.6 Å². The molecule has 0 bridgehead atoms. The second kappa shape index (κ2) is 13.4. The summed E-state index contributed by atoms with van der Waals surface area (Å²) in [7, 11) is -1.77. The van der Waals surface area contributed by atoms with Gasteiger partial charge < -0.3 is 35.1 Å². The quantitative estimate of drug-likeness (QED) is 0.223. The lowest BCUT2D eigenvalue weighted by Gasteiger charge is -2.47. The fraction of sp³-hybridized carbons (Fsp3) is 0.607. The van der Waals surface area contributed by atoms with Crippen molar-refractivity contribution in [2.75, 3.05) is 26.2 Å². The Bertz CT molecular complexity index is 1060. The van der Waals surface area contributed by atoms with Crippen molar-refractivity contribution in [3.05, 3.63) is 47.5 Å². The largest absolute Gasteiger partial charge is 0.475 e. The number of hydrogen-bond donors (Lipinski definition) is 4. The van der Waals surface area contributed by atoms with Gasteiger partial charge in [-0.25, -0.2) is 4.79 Å². The molecule has 2 unspecified atom stereocenters. The highest BCUT2D eigenvalue weighted by atomic mass is 16.6. The minimum absolute atomic E-state index is 0.00607. The number of alkyl carbamates (subject to hydrolysis) is 1. The fourth-order valence-corrected chi connectivity index (χ4v) is 5.07. The fourth-order valence-electron chi connectivity index (χ4n) is 5.07. The van der Waals surface area contributed by atoms with Crippen molar-refractivity contribution >= 4 is 19.1 Å². The summed E-state index contributed by atoms with van der Waals surface area (Å²) < 4.78 is 11.8. The number of morpholine rings is 1. The molecule has 4 N–H and O–H groups in total. The predicted octanol–water partition coefficient (Wildman–Crippen LogP) is 1.96. The Balaban J connectivity index is 1.66. The first-order valence-corrected chi connectivity index (χ1v) is 13.6. The molecule has 10 nitrogen and oxygen atoms in total. The van der Waals surface area contributed by atoms with Gasteiger partial charge in [0.25, 0.3) is 5.91 Å². The van der Waals surface area contributed by atoms with Crippen LogP contribution >= 0.6 is 0 Å². The second-order valence-corrected chi connectivity index (χ2v) is 11.3. The van der Waals surface area contributed by atoms with Gasteiger partial charge >= 0.3 is 13.2 Å². The van der Waals surface area contributed by atoms with Gasteiger partial charge in [0.1, 0.15) is 17.7 Å². The number of benzene rings is 1. The summed E-state index contributed by atoms with van der Waals surface area (Å²) in [6, 6.07) is 11.3. The summed E-state index contributed by atoms with van der Waals surface area (Å²) in [5, 5.41) is 35.4. The molecule has 1 aromatic carbocycles. The van der Waals surface area contributed by atoms with Crippen LogP contribution in [0.15, 0.2) is 42.0 Å². The molecule has 0 radical (unpaired) electrons. The lowest BCUT2D eigenvalue weighted by molar-refractivity contribution is -0.145. The topological polar surface area (TPSA) is 144 Å². The Hall–Kier alpha value is -2.91. The van der Waals surface area contributed by atoms with Crippen LogP contribution in [0.25, 0.3) is 0 Å². The summed E-state index contributed by atoms with van der Waals surface area (Å²) >= 11 is 0. The van der Waals surface area contributed by atoms with Crippen LogP contribution in [0, 0.1) is 16.7 Å². The smallest absolute Gasteiger partial charge is 0.444 e. The van der Waals surface area contributed by atoms with E-state index in [2.05, 4.69) is 16.7 Å². The highest BCUT2D eigenvalue weighted by Crippen LogP contribution is 2.38. The highest BCUT2D eigenvalue weighted by molar-refractivity contribution is 6.43. The van der Waals surface area contributed by atoms with Gasteiger partial charge in [0.2, 0.25) is 0 Å². The zero-order valence-electron chi connectivity index (χ0n) is 23.4. The standard InChI is InChI=1S/C28H41BN4O6/c1-20-17-31-19-28(4,39-20)27(2,3)15-22(16-30)25(34)33-13-9-8-12-23(18-33)38-26(35)32-24(29(36)37)14-21-10-6-5-7-11-21/h5-7,10-11,15,20,23-24,31,36-37H,8-9,12-14,17-19H2,1-4H3,(H,32,35)/t20-,23?,24?,28+/m1/s1. The van der Waals surface area contributed by atoms with Crippen molar-refractivity contribution in [2.24, 2.45) is 5.41 Å². The van der Waals surface area contributed by atoms with Gasteiger partial charge in [0.15, 0.2) is 0 Å². The van der Waals surface area contributed by atoms with Crippen molar-refractivity contribution in [3.8, 4) is 6.07 Å². The Morgan fingerprint density at radius 2 is 2.08 bits per heavy atom. The van der Waals surface area contributed by atoms with E-state index in [9.17, 15) is 24.9 Å². The first-order chi connectivity index (χ1) is 18.4. The monoisotopic (exact) mass is 540 g/mol. The Kier molecular flexibility index (Phi) is 10.6. The molecule has 3 rings (SSSR count). The van der Waals surface area contributed by atoms with Crippen LogP contribution in [-0.4, -0.2) is 84.0 Å². The summed E-state index contributed by atoms with van der Waals surface area (Å²) in [4.78, 5) is 27.7. The summed E-state index contributed by atoms with van der Waals surface area (Å²) in [5.74, 6) is -1.37. The molecule has 4 atom stereocenters. The number of nitriles is 1. The molecular formula is C28H41BN4O6. The van der Waals surface area contributed by atoms with Crippen molar-refractivity contribution in [1.29, 1.82) is 5.26 Å². The first kappa shape index (κ1) is 30.6. The SMILES string of the molecule is C[C@@H]1CNC[C@@](C)(C(C)(C)C=C(C#N)C(=O)N2CCCCC(OC(=O)NC(Cc3ccccc3)B(O)O)C2)O1. The third kappa shape index (κ3) is 8.29. The van der Waals surface area contributed by atoms with Crippen LogP contribution in [0.4, 0.5) is 4.79 Å². The van der Waals surface area contributed by atoms with Gasteiger partial charge in [-0.1, -0.05) is 50.3 Å². The molecule has 2 aliphatic rings. The van der Waals surface area contributed by atoms with Gasteiger partial charge in [0.05, 0.1) is 24.2 Å². The maximum atomic E-state index is 13.5. The maximum absolute atomic E-state index is 13.5. The zero-order chi connectivity index (χ0) is 28.6. The maximum Gasteiger partial charge on any atom is 0.475 e. The average molecular weight is 540 g/mol. The number of carbonyl (C=O) groups excluding carboxylic acids is 2. The number of amides is 2. The lowest BCUT2D eigenvalue weighted by atomic mass is 9.73. The number of ether oxygens (including phenoxy) is 2. The average Bonchev–Trinajstić information content (AvgIpc) is 3.12. The molecule has 0 aliphatic carbocycles. The number of rotatable bonds is 8. The number of likely N-dealkylation sites (tertiary alicyclic amines) is 1. The molecule has 2 fully saturated rings. The molecule has 39 heavy (non-hydrogen) atoms.